The van der Waals surface area contributed by atoms with E-state index in [1.165, 1.54) is 0 Å². The molecule has 1 aromatic rings. The zero-order chi connectivity index (χ0) is 10.3. The zero-order valence-electron chi connectivity index (χ0n) is 7.81. The molecular formula is C12H7ClN2. The summed E-state index contributed by atoms with van der Waals surface area (Å²) in [6.07, 6.45) is 5.50. The van der Waals surface area contributed by atoms with Crippen molar-refractivity contribution < 1.29 is 0 Å². The van der Waals surface area contributed by atoms with E-state index in [0.29, 0.717) is 0 Å². The Balaban J connectivity index is 2.12. The first-order chi connectivity index (χ1) is 7.34. The fraction of sp³-hybridized carbons (Fsp3) is 0. The molecule has 0 unspecified atom stereocenters. The molecule has 2 aliphatic rings. The largest absolute Gasteiger partial charge is 0.263 e. The summed E-state index contributed by atoms with van der Waals surface area (Å²) in [6.45, 7) is 0. The first kappa shape index (κ1) is 8.62. The highest BCUT2D eigenvalue weighted by Crippen LogP contribution is 2.31. The minimum Gasteiger partial charge on any atom is -0.263 e. The summed E-state index contributed by atoms with van der Waals surface area (Å²) in [7, 11) is 0. The molecule has 0 aliphatic carbocycles. The van der Waals surface area contributed by atoms with Crippen LogP contribution in [0, 0.1) is 0 Å². The fourth-order valence-electron chi connectivity index (χ4n) is 1.68. The van der Waals surface area contributed by atoms with Crippen molar-refractivity contribution in [2.24, 2.45) is 9.98 Å². The van der Waals surface area contributed by atoms with Gasteiger partial charge in [-0.2, -0.15) is 0 Å². The molecule has 0 aromatic heterocycles. The van der Waals surface area contributed by atoms with Crippen LogP contribution in [-0.4, -0.2) is 12.4 Å². The number of nitrogens with zero attached hydrogens (tertiary/aromatic N) is 2. The van der Waals surface area contributed by atoms with E-state index in [1.807, 2.05) is 42.9 Å². The molecule has 2 heterocycles. The van der Waals surface area contributed by atoms with Gasteiger partial charge in [0.2, 0.25) is 0 Å². The molecule has 2 aliphatic heterocycles. The molecular weight excluding hydrogens is 208 g/mol. The minimum atomic E-state index is 0.738. The normalized spacial score (nSPS) is 17.3. The molecule has 0 saturated carbocycles. The minimum absolute atomic E-state index is 0.738. The lowest BCUT2D eigenvalue weighted by Crippen LogP contribution is -1.86. The first-order valence-electron chi connectivity index (χ1n) is 4.62. The number of hydrogen-bond donors (Lipinski definition) is 0. The first-order valence-corrected chi connectivity index (χ1v) is 5.00. The van der Waals surface area contributed by atoms with Crippen molar-refractivity contribution in [3.63, 3.8) is 0 Å². The Labute approximate surface area is 92.3 Å². The van der Waals surface area contributed by atoms with Gasteiger partial charge in [0.05, 0.1) is 5.70 Å². The Morgan fingerprint density at radius 3 is 2.60 bits per heavy atom. The molecule has 72 valence electrons. The van der Waals surface area contributed by atoms with Gasteiger partial charge in [-0.3, -0.25) is 9.98 Å². The van der Waals surface area contributed by atoms with Crippen LogP contribution in [0.25, 0.3) is 5.70 Å². The van der Waals surface area contributed by atoms with Gasteiger partial charge in [-0.15, -0.1) is 0 Å². The molecule has 0 saturated heterocycles. The van der Waals surface area contributed by atoms with Crippen LogP contribution in [0.15, 0.2) is 51.6 Å². The van der Waals surface area contributed by atoms with Crippen LogP contribution in [0.2, 0.25) is 5.02 Å². The van der Waals surface area contributed by atoms with Crippen molar-refractivity contribution in [3.8, 4) is 0 Å². The molecule has 0 spiro atoms. The van der Waals surface area contributed by atoms with Gasteiger partial charge >= 0.3 is 0 Å². The van der Waals surface area contributed by atoms with E-state index in [9.17, 15) is 0 Å². The van der Waals surface area contributed by atoms with Gasteiger partial charge in [-0.25, -0.2) is 0 Å². The Morgan fingerprint density at radius 1 is 1.00 bits per heavy atom. The maximum atomic E-state index is 5.84. The van der Waals surface area contributed by atoms with Gasteiger partial charge in [0.1, 0.15) is 0 Å². The number of fused-ring (bicyclic) bond motifs is 1. The van der Waals surface area contributed by atoms with E-state index >= 15 is 0 Å². The molecule has 3 rings (SSSR count). The number of allylic oxidation sites excluding steroid dienone is 2. The van der Waals surface area contributed by atoms with E-state index in [1.54, 1.807) is 0 Å². The van der Waals surface area contributed by atoms with E-state index in [4.69, 9.17) is 11.6 Å². The summed E-state index contributed by atoms with van der Waals surface area (Å²) in [5, 5.41) is 0.738. The summed E-state index contributed by atoms with van der Waals surface area (Å²) in [5.74, 6) is 0. The van der Waals surface area contributed by atoms with Gasteiger partial charge in [-0.05, 0) is 12.1 Å². The number of aliphatic imine (C=N–C) groups is 2. The molecule has 0 radical (unpaired) electrons. The lowest BCUT2D eigenvalue weighted by molar-refractivity contribution is 1.53. The molecule has 3 heteroatoms. The highest BCUT2D eigenvalue weighted by Gasteiger charge is 2.18. The van der Waals surface area contributed by atoms with Crippen molar-refractivity contribution in [2.75, 3.05) is 0 Å². The second kappa shape index (κ2) is 3.17. The topological polar surface area (TPSA) is 24.7 Å². The van der Waals surface area contributed by atoms with Gasteiger partial charge in [0.25, 0.3) is 0 Å². The van der Waals surface area contributed by atoms with Crippen molar-refractivity contribution in [3.05, 3.63) is 52.2 Å². The highest BCUT2D eigenvalue weighted by atomic mass is 35.5. The average molecular weight is 215 g/mol. The zero-order valence-corrected chi connectivity index (χ0v) is 8.57. The summed E-state index contributed by atoms with van der Waals surface area (Å²) in [4.78, 5) is 8.47. The van der Waals surface area contributed by atoms with Crippen LogP contribution >= 0.6 is 11.6 Å². The summed E-state index contributed by atoms with van der Waals surface area (Å²) < 4.78 is 0. The van der Waals surface area contributed by atoms with Crippen LogP contribution in [-0.2, 0) is 0 Å². The highest BCUT2D eigenvalue weighted by molar-refractivity contribution is 6.30. The molecule has 2 nitrogen and oxygen atoms in total. The molecule has 0 bridgehead atoms. The molecule has 0 fully saturated rings. The Bertz CT molecular complexity index is 533. The van der Waals surface area contributed by atoms with E-state index in [2.05, 4.69) is 9.98 Å². The summed E-state index contributed by atoms with van der Waals surface area (Å²) in [6, 6.07) is 7.68. The third kappa shape index (κ3) is 1.34. The molecule has 0 amide bonds. The molecule has 15 heavy (non-hydrogen) atoms. The number of hydrogen-bond acceptors (Lipinski definition) is 2. The predicted octanol–water partition coefficient (Wildman–Crippen LogP) is 3.10. The van der Waals surface area contributed by atoms with Crippen LogP contribution in [0.5, 0.6) is 0 Å². The fourth-order valence-corrected chi connectivity index (χ4v) is 1.80. The second-order valence-corrected chi connectivity index (χ2v) is 3.83. The van der Waals surface area contributed by atoms with Gasteiger partial charge < -0.3 is 0 Å². The van der Waals surface area contributed by atoms with Crippen molar-refractivity contribution in [2.45, 2.75) is 0 Å². The van der Waals surface area contributed by atoms with Crippen LogP contribution in [0.3, 0.4) is 0 Å². The Kier molecular flexibility index (Phi) is 1.82. The Morgan fingerprint density at radius 2 is 1.80 bits per heavy atom. The number of benzene rings is 1. The SMILES string of the molecule is Clc1ccc(C2=C3C=NC=C3C=N2)cc1. The van der Waals surface area contributed by atoms with E-state index in [0.717, 1.165) is 27.4 Å². The van der Waals surface area contributed by atoms with Crippen molar-refractivity contribution >= 4 is 29.7 Å². The van der Waals surface area contributed by atoms with E-state index < -0.39 is 0 Å². The van der Waals surface area contributed by atoms with Gasteiger partial charge in [0, 0.05) is 40.4 Å². The van der Waals surface area contributed by atoms with Gasteiger partial charge in [0.15, 0.2) is 0 Å². The predicted molar refractivity (Wildman–Crippen MR) is 63.4 cm³/mol. The maximum Gasteiger partial charge on any atom is 0.0797 e. The lowest BCUT2D eigenvalue weighted by Gasteiger charge is -2.00. The van der Waals surface area contributed by atoms with Crippen LogP contribution < -0.4 is 0 Å². The second-order valence-electron chi connectivity index (χ2n) is 3.39. The smallest absolute Gasteiger partial charge is 0.0797 e. The monoisotopic (exact) mass is 214 g/mol. The summed E-state index contributed by atoms with van der Waals surface area (Å²) >= 11 is 5.84. The van der Waals surface area contributed by atoms with Crippen molar-refractivity contribution in [1.29, 1.82) is 0 Å². The summed E-state index contributed by atoms with van der Waals surface area (Å²) in [5.41, 5.74) is 4.22. The standard InChI is InChI=1S/C12H7ClN2/c13-10-3-1-8(2-4-10)12-11-7-14-5-9(11)6-15-12/h1-7H. The third-order valence-electron chi connectivity index (χ3n) is 2.43. The quantitative estimate of drug-likeness (QED) is 0.686. The van der Waals surface area contributed by atoms with Crippen molar-refractivity contribution in [1.82, 2.24) is 0 Å². The molecule has 0 N–H and O–H groups in total. The number of halogens is 1. The number of rotatable bonds is 1. The molecule has 1 aromatic carbocycles. The Hall–Kier alpha value is -1.67. The average Bonchev–Trinajstić information content (AvgIpc) is 2.80. The van der Waals surface area contributed by atoms with E-state index in [-0.39, 0.29) is 0 Å². The van der Waals surface area contributed by atoms with Gasteiger partial charge in [-0.1, -0.05) is 23.7 Å². The van der Waals surface area contributed by atoms with Crippen LogP contribution in [0.1, 0.15) is 5.56 Å². The third-order valence-corrected chi connectivity index (χ3v) is 2.69. The lowest BCUT2D eigenvalue weighted by atomic mass is 10.1. The van der Waals surface area contributed by atoms with Crippen LogP contribution in [0.4, 0.5) is 0 Å². The maximum absolute atomic E-state index is 5.84. The molecule has 0 atom stereocenters.